The number of nitrogens with zero attached hydrogens (tertiary/aromatic N) is 1. The molecule has 28 heavy (non-hydrogen) atoms. The maximum absolute atomic E-state index is 12.6. The molecule has 2 amide bonds. The van der Waals surface area contributed by atoms with Gasteiger partial charge in [-0.05, 0) is 42.3 Å². The number of rotatable bonds is 5. The van der Waals surface area contributed by atoms with Crippen molar-refractivity contribution >= 4 is 50.5 Å². The largest absolute Gasteiger partial charge is 0.351 e. The second-order valence-electron chi connectivity index (χ2n) is 6.56. The molecule has 0 aromatic heterocycles. The normalized spacial score (nSPS) is 17.0. The predicted molar refractivity (Wildman–Crippen MR) is 108 cm³/mol. The number of amides is 2. The van der Waals surface area contributed by atoms with Gasteiger partial charge in [0.05, 0.1) is 14.9 Å². The molecule has 148 valence electrons. The van der Waals surface area contributed by atoms with Crippen LogP contribution in [0.25, 0.3) is 0 Å². The van der Waals surface area contributed by atoms with E-state index in [1.807, 2.05) is 0 Å². The van der Waals surface area contributed by atoms with Crippen LogP contribution < -0.4 is 10.2 Å². The van der Waals surface area contributed by atoms with Crippen molar-refractivity contribution in [2.45, 2.75) is 17.9 Å². The number of carbonyl (C=O) groups excluding carboxylic acids is 2. The minimum absolute atomic E-state index is 0.208. The first-order chi connectivity index (χ1) is 13.2. The molecule has 0 saturated carbocycles. The van der Waals surface area contributed by atoms with Gasteiger partial charge in [-0.1, -0.05) is 35.3 Å². The number of halogens is 2. The Hall–Kier alpha value is -2.09. The molecule has 1 N–H and O–H groups in total. The fourth-order valence-corrected chi connectivity index (χ4v) is 3.92. The Balaban J connectivity index is 1.62. The summed E-state index contributed by atoms with van der Waals surface area (Å²) < 4.78 is 23.0. The Morgan fingerprint density at radius 3 is 2.43 bits per heavy atom. The van der Waals surface area contributed by atoms with E-state index in [1.165, 1.54) is 17.0 Å². The van der Waals surface area contributed by atoms with Gasteiger partial charge in [-0.25, -0.2) is 8.42 Å². The van der Waals surface area contributed by atoms with Crippen LogP contribution in [0.1, 0.15) is 12.0 Å². The molecule has 0 radical (unpaired) electrons. The van der Waals surface area contributed by atoms with Crippen LogP contribution in [0.4, 0.5) is 5.69 Å². The number of nitrogens with one attached hydrogen (secondary N) is 1. The first-order valence-corrected chi connectivity index (χ1v) is 11.1. The Morgan fingerprint density at radius 1 is 1.14 bits per heavy atom. The number of carbonyl (C=O) groups is 2. The maximum Gasteiger partial charge on any atom is 0.239 e. The lowest BCUT2D eigenvalue weighted by Crippen LogP contribution is -2.36. The fraction of sp³-hybridized carbons (Fsp3) is 0.263. The predicted octanol–water partition coefficient (Wildman–Crippen LogP) is 3.07. The van der Waals surface area contributed by atoms with Gasteiger partial charge in [-0.2, -0.15) is 0 Å². The summed E-state index contributed by atoms with van der Waals surface area (Å²) in [5, 5.41) is 3.48. The van der Waals surface area contributed by atoms with E-state index in [-0.39, 0.29) is 23.3 Å². The van der Waals surface area contributed by atoms with Crippen molar-refractivity contribution in [2.24, 2.45) is 5.92 Å². The Morgan fingerprint density at radius 2 is 1.82 bits per heavy atom. The third kappa shape index (κ3) is 4.48. The summed E-state index contributed by atoms with van der Waals surface area (Å²) in [7, 11) is -3.26. The second kappa shape index (κ2) is 8.11. The third-order valence-electron chi connectivity index (χ3n) is 4.56. The number of anilines is 1. The van der Waals surface area contributed by atoms with Crippen molar-refractivity contribution < 1.29 is 18.0 Å². The standard InChI is InChI=1S/C19H18Cl2N2O4S/c1-28(26,27)14-5-2-12(3-6-14)11-22-18(24)15-8-9-23(19(15)25)13-4-7-16(20)17(21)10-13/h2-7,10,15H,8-9,11H2,1H3,(H,22,24). The molecule has 1 heterocycles. The average Bonchev–Trinajstić information content (AvgIpc) is 3.03. The molecule has 0 bridgehead atoms. The molecule has 1 aliphatic heterocycles. The third-order valence-corrected chi connectivity index (χ3v) is 6.42. The summed E-state index contributed by atoms with van der Waals surface area (Å²) in [6.45, 7) is 0.622. The van der Waals surface area contributed by atoms with Gasteiger partial charge in [0.2, 0.25) is 11.8 Å². The van der Waals surface area contributed by atoms with Crippen LogP contribution >= 0.6 is 23.2 Å². The summed E-state index contributed by atoms with van der Waals surface area (Å²) >= 11 is 11.9. The van der Waals surface area contributed by atoms with E-state index < -0.39 is 15.8 Å². The Kier molecular flexibility index (Phi) is 5.98. The van der Waals surface area contributed by atoms with Gasteiger partial charge in [0, 0.05) is 25.0 Å². The zero-order valence-electron chi connectivity index (χ0n) is 15.0. The summed E-state index contributed by atoms with van der Waals surface area (Å²) in [5.41, 5.74) is 1.35. The van der Waals surface area contributed by atoms with E-state index in [0.29, 0.717) is 28.7 Å². The van der Waals surface area contributed by atoms with Crippen LogP contribution in [-0.2, 0) is 26.0 Å². The minimum Gasteiger partial charge on any atom is -0.351 e. The lowest BCUT2D eigenvalue weighted by molar-refractivity contribution is -0.132. The summed E-state index contributed by atoms with van der Waals surface area (Å²) in [4.78, 5) is 26.8. The highest BCUT2D eigenvalue weighted by atomic mass is 35.5. The number of hydrogen-bond donors (Lipinski definition) is 1. The number of benzene rings is 2. The summed E-state index contributed by atoms with van der Waals surface area (Å²) in [6.07, 6.45) is 1.53. The van der Waals surface area contributed by atoms with Gasteiger partial charge < -0.3 is 10.2 Å². The highest BCUT2D eigenvalue weighted by Crippen LogP contribution is 2.31. The quantitative estimate of drug-likeness (QED) is 0.723. The second-order valence-corrected chi connectivity index (χ2v) is 9.39. The minimum atomic E-state index is -3.26. The maximum atomic E-state index is 12.6. The Bertz CT molecular complexity index is 1020. The van der Waals surface area contributed by atoms with E-state index in [1.54, 1.807) is 30.3 Å². The molecule has 9 heteroatoms. The first kappa shape index (κ1) is 20.6. The molecule has 0 aliphatic carbocycles. The Labute approximate surface area is 173 Å². The monoisotopic (exact) mass is 440 g/mol. The molecule has 1 aliphatic rings. The molecule has 2 aromatic carbocycles. The topological polar surface area (TPSA) is 83.6 Å². The molecule has 6 nitrogen and oxygen atoms in total. The SMILES string of the molecule is CS(=O)(=O)c1ccc(CNC(=O)C2CCN(c3ccc(Cl)c(Cl)c3)C2=O)cc1. The van der Waals surface area contributed by atoms with E-state index in [4.69, 9.17) is 23.2 Å². The van der Waals surface area contributed by atoms with E-state index in [0.717, 1.165) is 11.8 Å². The lowest BCUT2D eigenvalue weighted by atomic mass is 10.1. The highest BCUT2D eigenvalue weighted by Gasteiger charge is 2.37. The number of sulfone groups is 1. The van der Waals surface area contributed by atoms with Crippen LogP contribution in [0.15, 0.2) is 47.4 Å². The van der Waals surface area contributed by atoms with Crippen molar-refractivity contribution in [1.29, 1.82) is 0 Å². The average molecular weight is 441 g/mol. The van der Waals surface area contributed by atoms with Crippen molar-refractivity contribution in [3.8, 4) is 0 Å². The van der Waals surface area contributed by atoms with E-state index in [2.05, 4.69) is 5.32 Å². The van der Waals surface area contributed by atoms with Gasteiger partial charge >= 0.3 is 0 Å². The molecule has 2 aromatic rings. The van der Waals surface area contributed by atoms with Gasteiger partial charge in [-0.15, -0.1) is 0 Å². The van der Waals surface area contributed by atoms with Gasteiger partial charge in [-0.3, -0.25) is 9.59 Å². The molecular formula is C19H18Cl2N2O4S. The molecule has 3 rings (SSSR count). The zero-order chi connectivity index (χ0) is 20.5. The van der Waals surface area contributed by atoms with Crippen molar-refractivity contribution in [3.05, 3.63) is 58.1 Å². The van der Waals surface area contributed by atoms with Crippen molar-refractivity contribution in [1.82, 2.24) is 5.32 Å². The highest BCUT2D eigenvalue weighted by molar-refractivity contribution is 7.90. The zero-order valence-corrected chi connectivity index (χ0v) is 17.3. The van der Waals surface area contributed by atoms with Crippen LogP contribution in [0.2, 0.25) is 10.0 Å². The van der Waals surface area contributed by atoms with Crippen LogP contribution in [0.3, 0.4) is 0 Å². The van der Waals surface area contributed by atoms with E-state index >= 15 is 0 Å². The van der Waals surface area contributed by atoms with E-state index in [9.17, 15) is 18.0 Å². The van der Waals surface area contributed by atoms with Gasteiger partial charge in [0.25, 0.3) is 0 Å². The molecule has 1 atom stereocenters. The van der Waals surface area contributed by atoms with Gasteiger partial charge in [0.1, 0.15) is 5.92 Å². The molecule has 1 unspecified atom stereocenters. The fourth-order valence-electron chi connectivity index (χ4n) is 3.00. The summed E-state index contributed by atoms with van der Waals surface area (Å²) in [5.74, 6) is -1.42. The smallest absolute Gasteiger partial charge is 0.239 e. The van der Waals surface area contributed by atoms with Crippen molar-refractivity contribution in [3.63, 3.8) is 0 Å². The lowest BCUT2D eigenvalue weighted by Gasteiger charge is -2.17. The molecular weight excluding hydrogens is 423 g/mol. The summed E-state index contributed by atoms with van der Waals surface area (Å²) in [6, 6.07) is 11.2. The molecule has 1 fully saturated rings. The number of hydrogen-bond acceptors (Lipinski definition) is 4. The first-order valence-electron chi connectivity index (χ1n) is 8.50. The van der Waals surface area contributed by atoms with Crippen LogP contribution in [0.5, 0.6) is 0 Å². The van der Waals surface area contributed by atoms with Crippen molar-refractivity contribution in [2.75, 3.05) is 17.7 Å². The molecule has 1 saturated heterocycles. The van der Waals surface area contributed by atoms with Crippen LogP contribution in [-0.4, -0.2) is 33.0 Å². The van der Waals surface area contributed by atoms with Crippen LogP contribution in [0, 0.1) is 5.92 Å². The molecule has 0 spiro atoms. The van der Waals surface area contributed by atoms with Gasteiger partial charge in [0.15, 0.2) is 9.84 Å².